The van der Waals surface area contributed by atoms with Gasteiger partial charge >= 0.3 is 0 Å². The molecule has 1 aliphatic heterocycles. The highest BCUT2D eigenvalue weighted by Gasteiger charge is 1.98. The summed E-state index contributed by atoms with van der Waals surface area (Å²) in [6, 6.07) is 0. The monoisotopic (exact) mass is 110 g/mol. The zero-order valence-electron chi connectivity index (χ0n) is 5.05. The van der Waals surface area contributed by atoms with Gasteiger partial charge in [0.15, 0.2) is 0 Å². The minimum atomic E-state index is 0.861. The molecule has 8 heavy (non-hydrogen) atoms. The van der Waals surface area contributed by atoms with Gasteiger partial charge in [0.05, 0.1) is 12.9 Å². The van der Waals surface area contributed by atoms with Crippen molar-refractivity contribution in [2.45, 2.75) is 13.3 Å². The lowest BCUT2D eigenvalue weighted by Crippen LogP contribution is -1.74. The van der Waals surface area contributed by atoms with E-state index >= 15 is 0 Å². The molecule has 0 spiro atoms. The van der Waals surface area contributed by atoms with E-state index < -0.39 is 0 Å². The molecule has 0 unspecified atom stereocenters. The summed E-state index contributed by atoms with van der Waals surface area (Å²) in [6.45, 7) is 2.87. The van der Waals surface area contributed by atoms with Gasteiger partial charge in [-0.1, -0.05) is 12.2 Å². The third-order valence-corrected chi connectivity index (χ3v) is 1.12. The molecular weight excluding hydrogens is 100 g/mol. The fourth-order valence-electron chi connectivity index (χ4n) is 0.738. The minimum absolute atomic E-state index is 0.861. The van der Waals surface area contributed by atoms with Crippen LogP contribution in [0.15, 0.2) is 24.0 Å². The van der Waals surface area contributed by atoms with Gasteiger partial charge in [-0.25, -0.2) is 0 Å². The lowest BCUT2D eigenvalue weighted by molar-refractivity contribution is 0.281. The van der Waals surface area contributed by atoms with E-state index in [0.29, 0.717) is 0 Å². The predicted octanol–water partition coefficient (Wildman–Crippen LogP) is 1.87. The van der Waals surface area contributed by atoms with Crippen LogP contribution in [0.1, 0.15) is 13.3 Å². The number of hydrogen-bond donors (Lipinski definition) is 0. The van der Waals surface area contributed by atoms with Crippen LogP contribution in [0.25, 0.3) is 0 Å². The summed E-state index contributed by atoms with van der Waals surface area (Å²) in [4.78, 5) is 0. The molecule has 1 rings (SSSR count). The maximum atomic E-state index is 5.00. The van der Waals surface area contributed by atoms with Gasteiger partial charge in [0.2, 0.25) is 0 Å². The maximum Gasteiger partial charge on any atom is 0.0914 e. The van der Waals surface area contributed by atoms with Crippen molar-refractivity contribution in [2.75, 3.05) is 6.61 Å². The van der Waals surface area contributed by atoms with Crippen LogP contribution >= 0.6 is 0 Å². The SMILES string of the molecule is C/C=C/C1=COCC1. The Morgan fingerprint density at radius 3 is 3.12 bits per heavy atom. The zero-order chi connectivity index (χ0) is 5.82. The first-order chi connectivity index (χ1) is 3.93. The lowest BCUT2D eigenvalue weighted by atomic mass is 10.2. The molecule has 1 heteroatoms. The van der Waals surface area contributed by atoms with Gasteiger partial charge < -0.3 is 4.74 Å². The Morgan fingerprint density at radius 2 is 2.62 bits per heavy atom. The Balaban J connectivity index is 2.45. The largest absolute Gasteiger partial charge is 0.501 e. The zero-order valence-corrected chi connectivity index (χ0v) is 5.05. The maximum absolute atomic E-state index is 5.00. The van der Waals surface area contributed by atoms with E-state index in [9.17, 15) is 0 Å². The lowest BCUT2D eigenvalue weighted by Gasteiger charge is -1.81. The van der Waals surface area contributed by atoms with E-state index in [2.05, 4.69) is 6.08 Å². The van der Waals surface area contributed by atoms with Crippen LogP contribution in [0, 0.1) is 0 Å². The van der Waals surface area contributed by atoms with Gasteiger partial charge in [-0.05, 0) is 12.5 Å². The van der Waals surface area contributed by atoms with Gasteiger partial charge in [0.25, 0.3) is 0 Å². The minimum Gasteiger partial charge on any atom is -0.501 e. The smallest absolute Gasteiger partial charge is 0.0914 e. The molecule has 0 amide bonds. The Morgan fingerprint density at radius 1 is 1.75 bits per heavy atom. The van der Waals surface area contributed by atoms with Gasteiger partial charge in [-0.15, -0.1) is 0 Å². The summed E-state index contributed by atoms with van der Waals surface area (Å²) in [5.41, 5.74) is 1.30. The Bertz CT molecular complexity index is 122. The average molecular weight is 110 g/mol. The van der Waals surface area contributed by atoms with Crippen molar-refractivity contribution in [3.63, 3.8) is 0 Å². The van der Waals surface area contributed by atoms with Crippen LogP contribution < -0.4 is 0 Å². The first kappa shape index (κ1) is 5.42. The van der Waals surface area contributed by atoms with Crippen molar-refractivity contribution in [1.29, 1.82) is 0 Å². The summed E-state index contributed by atoms with van der Waals surface area (Å²) in [6.07, 6.45) is 7.00. The number of hydrogen-bond acceptors (Lipinski definition) is 1. The Kier molecular flexibility index (Phi) is 1.73. The molecule has 0 aliphatic carbocycles. The molecule has 1 aliphatic rings. The van der Waals surface area contributed by atoms with Gasteiger partial charge in [0.1, 0.15) is 0 Å². The third-order valence-electron chi connectivity index (χ3n) is 1.12. The van der Waals surface area contributed by atoms with Gasteiger partial charge in [-0.2, -0.15) is 0 Å². The number of rotatable bonds is 1. The van der Waals surface area contributed by atoms with Crippen LogP contribution in [-0.4, -0.2) is 6.61 Å². The quantitative estimate of drug-likeness (QED) is 0.500. The number of allylic oxidation sites excluding steroid dienone is 2. The summed E-state index contributed by atoms with van der Waals surface area (Å²) in [5.74, 6) is 0. The molecule has 0 radical (unpaired) electrons. The fraction of sp³-hybridized carbons (Fsp3) is 0.429. The number of ether oxygens (including phenoxy) is 1. The average Bonchev–Trinajstić information content (AvgIpc) is 2.19. The van der Waals surface area contributed by atoms with Gasteiger partial charge in [-0.3, -0.25) is 0 Å². The van der Waals surface area contributed by atoms with Crippen LogP contribution in [0.3, 0.4) is 0 Å². The van der Waals surface area contributed by atoms with E-state index in [1.54, 1.807) is 0 Å². The fourth-order valence-corrected chi connectivity index (χ4v) is 0.738. The van der Waals surface area contributed by atoms with Crippen molar-refractivity contribution >= 4 is 0 Å². The standard InChI is InChI=1S/C7H10O/c1-2-3-7-4-5-8-6-7/h2-3,6H,4-5H2,1H3/b3-2+. The molecule has 0 saturated heterocycles. The topological polar surface area (TPSA) is 9.23 Å². The van der Waals surface area contributed by atoms with E-state index in [1.165, 1.54) is 5.57 Å². The highest BCUT2D eigenvalue weighted by atomic mass is 16.5. The highest BCUT2D eigenvalue weighted by Crippen LogP contribution is 2.10. The highest BCUT2D eigenvalue weighted by molar-refractivity contribution is 5.17. The Hall–Kier alpha value is -0.720. The van der Waals surface area contributed by atoms with E-state index in [1.807, 2.05) is 19.3 Å². The normalized spacial score (nSPS) is 18.9. The van der Waals surface area contributed by atoms with E-state index in [-0.39, 0.29) is 0 Å². The first-order valence-electron chi connectivity index (χ1n) is 2.87. The molecule has 0 atom stereocenters. The van der Waals surface area contributed by atoms with Crippen LogP contribution in [-0.2, 0) is 4.74 Å². The van der Waals surface area contributed by atoms with Crippen molar-refractivity contribution in [2.24, 2.45) is 0 Å². The first-order valence-corrected chi connectivity index (χ1v) is 2.87. The summed E-state index contributed by atoms with van der Waals surface area (Å²) in [5, 5.41) is 0. The molecular formula is C7H10O. The van der Waals surface area contributed by atoms with Crippen molar-refractivity contribution in [3.05, 3.63) is 24.0 Å². The molecule has 0 N–H and O–H groups in total. The van der Waals surface area contributed by atoms with E-state index in [4.69, 9.17) is 4.74 Å². The molecule has 0 bridgehead atoms. The summed E-state index contributed by atoms with van der Waals surface area (Å²) >= 11 is 0. The van der Waals surface area contributed by atoms with Crippen molar-refractivity contribution in [3.8, 4) is 0 Å². The Labute approximate surface area is 49.7 Å². The third kappa shape index (κ3) is 1.12. The van der Waals surface area contributed by atoms with E-state index in [0.717, 1.165) is 13.0 Å². The summed E-state index contributed by atoms with van der Waals surface area (Å²) < 4.78 is 5.00. The van der Waals surface area contributed by atoms with Crippen molar-refractivity contribution < 1.29 is 4.74 Å². The van der Waals surface area contributed by atoms with Crippen molar-refractivity contribution in [1.82, 2.24) is 0 Å². The second kappa shape index (κ2) is 2.55. The van der Waals surface area contributed by atoms with Gasteiger partial charge in [0, 0.05) is 6.42 Å². The molecule has 1 heterocycles. The molecule has 0 fully saturated rings. The summed E-state index contributed by atoms with van der Waals surface area (Å²) in [7, 11) is 0. The van der Waals surface area contributed by atoms with Crippen LogP contribution in [0.5, 0.6) is 0 Å². The van der Waals surface area contributed by atoms with Crippen LogP contribution in [0.2, 0.25) is 0 Å². The molecule has 0 aromatic carbocycles. The molecule has 1 nitrogen and oxygen atoms in total. The van der Waals surface area contributed by atoms with Crippen LogP contribution in [0.4, 0.5) is 0 Å². The molecule has 44 valence electrons. The molecule has 0 saturated carbocycles. The predicted molar refractivity (Wildman–Crippen MR) is 33.5 cm³/mol. The second-order valence-electron chi connectivity index (χ2n) is 1.81. The molecule has 0 aromatic rings. The molecule has 0 aromatic heterocycles. The second-order valence-corrected chi connectivity index (χ2v) is 1.81.